The number of esters is 1. The Morgan fingerprint density at radius 3 is 2.35 bits per heavy atom. The predicted molar refractivity (Wildman–Crippen MR) is 78.5 cm³/mol. The van der Waals surface area contributed by atoms with Gasteiger partial charge in [-0.25, -0.2) is 4.79 Å². The molecule has 2 aromatic carbocycles. The normalized spacial score (nSPS) is 9.90. The Kier molecular flexibility index (Phi) is 4.10. The standard InChI is InChI=1S/C15H16N2O3/c1-19-12-7-8-14(13(16)9-12)17-11-5-3-10(4-6-11)15(18)20-2/h3-9,17H,16H2,1-2H3. The minimum atomic E-state index is -0.361. The number of rotatable bonds is 4. The lowest BCUT2D eigenvalue weighted by atomic mass is 10.2. The molecule has 0 radical (unpaired) electrons. The van der Waals surface area contributed by atoms with E-state index in [1.165, 1.54) is 7.11 Å². The summed E-state index contributed by atoms with van der Waals surface area (Å²) in [6.07, 6.45) is 0. The summed E-state index contributed by atoms with van der Waals surface area (Å²) in [4.78, 5) is 11.3. The number of anilines is 3. The average Bonchev–Trinajstić information content (AvgIpc) is 2.49. The van der Waals surface area contributed by atoms with Crippen molar-refractivity contribution in [3.05, 3.63) is 48.0 Å². The molecular weight excluding hydrogens is 256 g/mol. The van der Waals surface area contributed by atoms with Gasteiger partial charge in [-0.05, 0) is 36.4 Å². The van der Waals surface area contributed by atoms with Crippen LogP contribution in [-0.2, 0) is 4.74 Å². The zero-order valence-electron chi connectivity index (χ0n) is 11.3. The van der Waals surface area contributed by atoms with Crippen LogP contribution in [0.5, 0.6) is 5.75 Å². The number of nitrogen functional groups attached to an aromatic ring is 1. The number of methoxy groups -OCH3 is 2. The number of hydrogen-bond donors (Lipinski definition) is 2. The van der Waals surface area contributed by atoms with Crippen LogP contribution in [0.2, 0.25) is 0 Å². The van der Waals surface area contributed by atoms with E-state index in [0.717, 1.165) is 11.4 Å². The summed E-state index contributed by atoms with van der Waals surface area (Å²) in [5.74, 6) is 0.342. The van der Waals surface area contributed by atoms with Crippen molar-refractivity contribution in [1.29, 1.82) is 0 Å². The number of benzene rings is 2. The highest BCUT2D eigenvalue weighted by Crippen LogP contribution is 2.27. The lowest BCUT2D eigenvalue weighted by molar-refractivity contribution is 0.0601. The molecular formula is C15H16N2O3. The molecule has 0 aliphatic rings. The number of carbonyl (C=O) groups is 1. The molecule has 0 amide bonds. The van der Waals surface area contributed by atoms with Gasteiger partial charge in [0.2, 0.25) is 0 Å². The van der Waals surface area contributed by atoms with Gasteiger partial charge in [0.25, 0.3) is 0 Å². The molecule has 3 N–H and O–H groups in total. The molecule has 0 aliphatic heterocycles. The number of carbonyl (C=O) groups excluding carboxylic acids is 1. The second-order valence-corrected chi connectivity index (χ2v) is 4.15. The second-order valence-electron chi connectivity index (χ2n) is 4.15. The highest BCUT2D eigenvalue weighted by atomic mass is 16.5. The third-order valence-corrected chi connectivity index (χ3v) is 2.84. The van der Waals surface area contributed by atoms with Crippen molar-refractivity contribution in [2.45, 2.75) is 0 Å². The molecule has 0 saturated heterocycles. The van der Waals surface area contributed by atoms with Gasteiger partial charge in [0, 0.05) is 11.8 Å². The van der Waals surface area contributed by atoms with Gasteiger partial charge in [-0.2, -0.15) is 0 Å². The average molecular weight is 272 g/mol. The fraction of sp³-hybridized carbons (Fsp3) is 0.133. The zero-order valence-corrected chi connectivity index (χ0v) is 11.3. The quantitative estimate of drug-likeness (QED) is 0.661. The first kappa shape index (κ1) is 13.7. The molecule has 20 heavy (non-hydrogen) atoms. The first-order chi connectivity index (χ1) is 9.63. The smallest absolute Gasteiger partial charge is 0.337 e. The molecule has 0 atom stereocenters. The van der Waals surface area contributed by atoms with Crippen molar-refractivity contribution < 1.29 is 14.3 Å². The first-order valence-electron chi connectivity index (χ1n) is 6.03. The van der Waals surface area contributed by atoms with Gasteiger partial charge >= 0.3 is 5.97 Å². The van der Waals surface area contributed by atoms with Crippen LogP contribution in [0.15, 0.2) is 42.5 Å². The van der Waals surface area contributed by atoms with E-state index in [1.54, 1.807) is 37.4 Å². The van der Waals surface area contributed by atoms with Crippen LogP contribution in [0, 0.1) is 0 Å². The van der Waals surface area contributed by atoms with E-state index in [1.807, 2.05) is 12.1 Å². The maximum Gasteiger partial charge on any atom is 0.337 e. The Morgan fingerprint density at radius 1 is 1.10 bits per heavy atom. The molecule has 0 bridgehead atoms. The van der Waals surface area contributed by atoms with Crippen molar-refractivity contribution in [3.63, 3.8) is 0 Å². The van der Waals surface area contributed by atoms with Gasteiger partial charge in [0.05, 0.1) is 31.2 Å². The highest BCUT2D eigenvalue weighted by Gasteiger charge is 2.05. The summed E-state index contributed by atoms with van der Waals surface area (Å²) in [7, 11) is 2.94. The van der Waals surface area contributed by atoms with Crippen molar-refractivity contribution >= 4 is 23.0 Å². The molecule has 104 valence electrons. The van der Waals surface area contributed by atoms with Crippen LogP contribution in [0.25, 0.3) is 0 Å². The van der Waals surface area contributed by atoms with E-state index in [4.69, 9.17) is 10.5 Å². The first-order valence-corrected chi connectivity index (χ1v) is 6.03. The van der Waals surface area contributed by atoms with Crippen LogP contribution in [-0.4, -0.2) is 20.2 Å². The van der Waals surface area contributed by atoms with E-state index in [9.17, 15) is 4.79 Å². The summed E-state index contributed by atoms with van der Waals surface area (Å²) < 4.78 is 9.74. The van der Waals surface area contributed by atoms with Crippen molar-refractivity contribution in [1.82, 2.24) is 0 Å². The van der Waals surface area contributed by atoms with Crippen LogP contribution in [0.4, 0.5) is 17.1 Å². The molecule has 0 fully saturated rings. The molecule has 0 aliphatic carbocycles. The molecule has 0 heterocycles. The number of nitrogens with two attached hydrogens (primary N) is 1. The number of hydrogen-bond acceptors (Lipinski definition) is 5. The number of nitrogens with one attached hydrogen (secondary N) is 1. The Balaban J connectivity index is 2.16. The molecule has 2 rings (SSSR count). The summed E-state index contributed by atoms with van der Waals surface area (Å²) >= 11 is 0. The zero-order chi connectivity index (χ0) is 14.5. The topological polar surface area (TPSA) is 73.6 Å². The van der Waals surface area contributed by atoms with E-state index in [2.05, 4.69) is 10.1 Å². The lowest BCUT2D eigenvalue weighted by Crippen LogP contribution is -2.01. The summed E-state index contributed by atoms with van der Waals surface area (Å²) in [5, 5.41) is 3.17. The summed E-state index contributed by atoms with van der Waals surface area (Å²) in [6.45, 7) is 0. The summed E-state index contributed by atoms with van der Waals surface area (Å²) in [5.41, 5.74) is 8.62. The van der Waals surface area contributed by atoms with Crippen LogP contribution in [0.1, 0.15) is 10.4 Å². The highest BCUT2D eigenvalue weighted by molar-refractivity contribution is 5.90. The van der Waals surface area contributed by atoms with E-state index >= 15 is 0 Å². The van der Waals surface area contributed by atoms with Gasteiger partial charge in [-0.1, -0.05) is 0 Å². The van der Waals surface area contributed by atoms with Crippen LogP contribution < -0.4 is 15.8 Å². The van der Waals surface area contributed by atoms with E-state index in [0.29, 0.717) is 17.0 Å². The van der Waals surface area contributed by atoms with Gasteiger partial charge in [0.15, 0.2) is 0 Å². The van der Waals surface area contributed by atoms with Gasteiger partial charge in [0.1, 0.15) is 5.75 Å². The second kappa shape index (κ2) is 5.97. The van der Waals surface area contributed by atoms with Crippen LogP contribution in [0.3, 0.4) is 0 Å². The van der Waals surface area contributed by atoms with E-state index < -0.39 is 0 Å². The van der Waals surface area contributed by atoms with Gasteiger partial charge < -0.3 is 20.5 Å². The molecule has 5 nitrogen and oxygen atoms in total. The third kappa shape index (κ3) is 3.00. The monoisotopic (exact) mass is 272 g/mol. The van der Waals surface area contributed by atoms with Crippen molar-refractivity contribution in [2.75, 3.05) is 25.3 Å². The minimum absolute atomic E-state index is 0.361. The maximum atomic E-state index is 11.3. The Morgan fingerprint density at radius 2 is 1.80 bits per heavy atom. The predicted octanol–water partition coefficient (Wildman–Crippen LogP) is 2.81. The third-order valence-electron chi connectivity index (χ3n) is 2.84. The molecule has 0 saturated carbocycles. The fourth-order valence-corrected chi connectivity index (χ4v) is 1.74. The molecule has 2 aromatic rings. The largest absolute Gasteiger partial charge is 0.497 e. The molecule has 0 spiro atoms. The van der Waals surface area contributed by atoms with Crippen molar-refractivity contribution in [2.24, 2.45) is 0 Å². The van der Waals surface area contributed by atoms with E-state index in [-0.39, 0.29) is 5.97 Å². The van der Waals surface area contributed by atoms with Gasteiger partial charge in [-0.3, -0.25) is 0 Å². The lowest BCUT2D eigenvalue weighted by Gasteiger charge is -2.11. The SMILES string of the molecule is COC(=O)c1ccc(Nc2ccc(OC)cc2N)cc1. The Bertz CT molecular complexity index is 609. The molecule has 0 unspecified atom stereocenters. The van der Waals surface area contributed by atoms with Crippen molar-refractivity contribution in [3.8, 4) is 5.75 Å². The van der Waals surface area contributed by atoms with Gasteiger partial charge in [-0.15, -0.1) is 0 Å². The van der Waals surface area contributed by atoms with Crippen LogP contribution >= 0.6 is 0 Å². The Labute approximate surface area is 117 Å². The maximum absolute atomic E-state index is 11.3. The fourth-order valence-electron chi connectivity index (χ4n) is 1.74. The Hall–Kier alpha value is -2.69. The molecule has 5 heteroatoms. The number of ether oxygens (including phenoxy) is 2. The molecule has 0 aromatic heterocycles. The summed E-state index contributed by atoms with van der Waals surface area (Å²) in [6, 6.07) is 12.3. The minimum Gasteiger partial charge on any atom is -0.497 e.